The third kappa shape index (κ3) is 2.02. The molecule has 4 nitrogen and oxygen atoms in total. The molecule has 56 valence electrons. The van der Waals surface area contributed by atoms with E-state index in [-0.39, 0.29) is 0 Å². The number of hydrogen-bond acceptors (Lipinski definition) is 3. The maximum Gasteiger partial charge on any atom is 0.282 e. The minimum atomic E-state index is -0.490. The molecule has 0 unspecified atom stereocenters. The van der Waals surface area contributed by atoms with Crippen LogP contribution in [-0.4, -0.2) is 10.2 Å². The van der Waals surface area contributed by atoms with Crippen LogP contribution < -0.4 is 5.73 Å². The number of thioether (sulfide) groups is 1. The number of carbonyl (C=O) groups is 1. The van der Waals surface area contributed by atoms with E-state index in [4.69, 9.17) is 11.0 Å². The van der Waals surface area contributed by atoms with E-state index in [1.807, 2.05) is 6.07 Å². The number of carbonyl (C=O) groups excluding carboxylic acids is 1. The minimum absolute atomic E-state index is 0.490. The van der Waals surface area contributed by atoms with Gasteiger partial charge in [-0.2, -0.15) is 5.26 Å². The number of primary amides is 1. The minimum Gasteiger partial charge on any atom is -0.360 e. The predicted molar refractivity (Wildman–Crippen MR) is 40.9 cm³/mol. The molecule has 11 heavy (non-hydrogen) atoms. The van der Waals surface area contributed by atoms with Crippen molar-refractivity contribution in [3.05, 3.63) is 17.8 Å². The second-order valence-electron chi connectivity index (χ2n) is 1.79. The molecule has 0 spiro atoms. The van der Waals surface area contributed by atoms with Crippen molar-refractivity contribution in [2.24, 2.45) is 5.73 Å². The highest BCUT2D eigenvalue weighted by Gasteiger charge is 2.01. The summed E-state index contributed by atoms with van der Waals surface area (Å²) < 4.78 is 0. The molecule has 1 amide bonds. The Kier molecular flexibility index (Phi) is 2.18. The monoisotopic (exact) mass is 167 g/mol. The highest BCUT2D eigenvalue weighted by molar-refractivity contribution is 8.13. The average Bonchev–Trinajstić information content (AvgIpc) is 2.34. The van der Waals surface area contributed by atoms with Crippen molar-refractivity contribution in [3.8, 4) is 6.07 Å². The van der Waals surface area contributed by atoms with E-state index in [1.165, 1.54) is 6.20 Å². The SMILES string of the molecule is N#Cc1c[nH]c(SC(N)=O)c1. The van der Waals surface area contributed by atoms with Crippen molar-refractivity contribution < 1.29 is 4.79 Å². The first-order chi connectivity index (χ1) is 5.22. The quantitative estimate of drug-likeness (QED) is 0.613. The van der Waals surface area contributed by atoms with Crippen LogP contribution in [0.5, 0.6) is 0 Å². The Labute approximate surface area is 67.4 Å². The average molecular weight is 167 g/mol. The molecule has 0 fully saturated rings. The van der Waals surface area contributed by atoms with Crippen molar-refractivity contribution in [3.63, 3.8) is 0 Å². The molecule has 0 saturated carbocycles. The van der Waals surface area contributed by atoms with E-state index in [2.05, 4.69) is 4.98 Å². The third-order valence-corrected chi connectivity index (χ3v) is 1.65. The fraction of sp³-hybridized carbons (Fsp3) is 0. The number of aromatic nitrogens is 1. The van der Waals surface area contributed by atoms with Crippen LogP contribution in [0.2, 0.25) is 0 Å². The number of amides is 1. The van der Waals surface area contributed by atoms with Gasteiger partial charge in [0.1, 0.15) is 6.07 Å². The van der Waals surface area contributed by atoms with E-state index in [9.17, 15) is 4.79 Å². The summed E-state index contributed by atoms with van der Waals surface area (Å²) in [4.78, 5) is 13.1. The lowest BCUT2D eigenvalue weighted by Crippen LogP contribution is -2.01. The van der Waals surface area contributed by atoms with Crippen molar-refractivity contribution in [1.82, 2.24) is 4.98 Å². The molecular formula is C6H5N3OS. The lowest BCUT2D eigenvalue weighted by Gasteiger charge is -1.87. The van der Waals surface area contributed by atoms with Gasteiger partial charge < -0.3 is 10.7 Å². The topological polar surface area (TPSA) is 82.7 Å². The van der Waals surface area contributed by atoms with Gasteiger partial charge in [0, 0.05) is 6.20 Å². The first kappa shape index (κ1) is 7.69. The molecule has 0 radical (unpaired) electrons. The first-order valence-corrected chi connectivity index (χ1v) is 3.60. The number of aromatic amines is 1. The van der Waals surface area contributed by atoms with Crippen molar-refractivity contribution in [1.29, 1.82) is 5.26 Å². The lowest BCUT2D eigenvalue weighted by atomic mass is 10.4. The van der Waals surface area contributed by atoms with Gasteiger partial charge in [0.25, 0.3) is 5.24 Å². The number of H-pyrrole nitrogens is 1. The first-order valence-electron chi connectivity index (χ1n) is 2.78. The van der Waals surface area contributed by atoms with E-state index >= 15 is 0 Å². The molecule has 0 saturated heterocycles. The number of nitrogens with two attached hydrogens (primary N) is 1. The second kappa shape index (κ2) is 3.12. The molecule has 1 heterocycles. The van der Waals surface area contributed by atoms with Crippen LogP contribution in [0, 0.1) is 11.3 Å². The zero-order valence-corrected chi connectivity index (χ0v) is 6.31. The van der Waals surface area contributed by atoms with Crippen LogP contribution in [0.3, 0.4) is 0 Å². The summed E-state index contributed by atoms with van der Waals surface area (Å²) in [5, 5.41) is 8.49. The number of hydrogen-bond donors (Lipinski definition) is 2. The van der Waals surface area contributed by atoms with Crippen LogP contribution >= 0.6 is 11.8 Å². The van der Waals surface area contributed by atoms with E-state index < -0.39 is 5.24 Å². The molecule has 0 bridgehead atoms. The fourth-order valence-electron chi connectivity index (χ4n) is 0.605. The summed E-state index contributed by atoms with van der Waals surface area (Å²) in [6, 6.07) is 3.49. The van der Waals surface area contributed by atoms with E-state index in [0.717, 1.165) is 11.8 Å². The third-order valence-electron chi connectivity index (χ3n) is 0.996. The zero-order chi connectivity index (χ0) is 8.27. The summed E-state index contributed by atoms with van der Waals surface area (Å²) in [6.07, 6.45) is 1.52. The van der Waals surface area contributed by atoms with Crippen LogP contribution in [0.4, 0.5) is 4.79 Å². The highest BCUT2D eigenvalue weighted by Crippen LogP contribution is 2.16. The molecular weight excluding hydrogens is 162 g/mol. The Bertz CT molecular complexity index is 312. The van der Waals surface area contributed by atoms with Gasteiger partial charge in [-0.25, -0.2) is 0 Å². The van der Waals surface area contributed by atoms with E-state index in [1.54, 1.807) is 6.07 Å². The van der Waals surface area contributed by atoms with Crippen LogP contribution in [0.15, 0.2) is 17.3 Å². The molecule has 0 aromatic carbocycles. The Hall–Kier alpha value is -1.41. The normalized spacial score (nSPS) is 9.00. The number of nitriles is 1. The van der Waals surface area contributed by atoms with Gasteiger partial charge in [-0.05, 0) is 17.8 Å². The molecule has 0 atom stereocenters. The van der Waals surface area contributed by atoms with Gasteiger partial charge >= 0.3 is 0 Å². The molecule has 0 aliphatic rings. The largest absolute Gasteiger partial charge is 0.360 e. The number of nitrogens with zero attached hydrogens (tertiary/aromatic N) is 1. The summed E-state index contributed by atoms with van der Waals surface area (Å²) in [7, 11) is 0. The highest BCUT2D eigenvalue weighted by atomic mass is 32.2. The molecule has 1 rings (SSSR count). The van der Waals surface area contributed by atoms with Gasteiger partial charge in [0.15, 0.2) is 0 Å². The van der Waals surface area contributed by atoms with Gasteiger partial charge in [-0.1, -0.05) is 0 Å². The smallest absolute Gasteiger partial charge is 0.282 e. The van der Waals surface area contributed by atoms with E-state index in [0.29, 0.717) is 10.6 Å². The summed E-state index contributed by atoms with van der Waals surface area (Å²) in [5.74, 6) is 0. The van der Waals surface area contributed by atoms with Gasteiger partial charge in [0.05, 0.1) is 10.6 Å². The maximum atomic E-state index is 10.3. The predicted octanol–water partition coefficient (Wildman–Crippen LogP) is 1.06. The molecule has 3 N–H and O–H groups in total. The number of rotatable bonds is 1. The molecule has 0 aliphatic heterocycles. The molecule has 1 aromatic rings. The van der Waals surface area contributed by atoms with Crippen molar-refractivity contribution in [2.45, 2.75) is 5.03 Å². The maximum absolute atomic E-state index is 10.3. The molecule has 5 heteroatoms. The van der Waals surface area contributed by atoms with Crippen LogP contribution in [-0.2, 0) is 0 Å². The van der Waals surface area contributed by atoms with Crippen molar-refractivity contribution in [2.75, 3.05) is 0 Å². The Morgan fingerprint density at radius 2 is 2.55 bits per heavy atom. The standard InChI is InChI=1S/C6H5N3OS/c7-2-4-1-5(9-3-4)11-6(8)10/h1,3,9H,(H2,8,10). The fourth-order valence-corrected chi connectivity index (χ4v) is 1.13. The number of nitrogens with one attached hydrogen (secondary N) is 1. The summed E-state index contributed by atoms with van der Waals surface area (Å²) in [6.45, 7) is 0. The second-order valence-corrected chi connectivity index (χ2v) is 2.83. The Morgan fingerprint density at radius 3 is 3.00 bits per heavy atom. The Morgan fingerprint density at radius 1 is 1.82 bits per heavy atom. The van der Waals surface area contributed by atoms with Gasteiger partial charge in [-0.15, -0.1) is 0 Å². The van der Waals surface area contributed by atoms with Crippen molar-refractivity contribution >= 4 is 17.0 Å². The molecule has 1 aromatic heterocycles. The zero-order valence-electron chi connectivity index (χ0n) is 5.50. The summed E-state index contributed by atoms with van der Waals surface area (Å²) >= 11 is 0.867. The lowest BCUT2D eigenvalue weighted by molar-refractivity contribution is 0.267. The van der Waals surface area contributed by atoms with Crippen LogP contribution in [0.25, 0.3) is 0 Å². The van der Waals surface area contributed by atoms with Gasteiger partial charge in [0.2, 0.25) is 0 Å². The van der Waals surface area contributed by atoms with Gasteiger partial charge in [-0.3, -0.25) is 4.79 Å². The Balaban J connectivity index is 2.75. The van der Waals surface area contributed by atoms with Crippen LogP contribution in [0.1, 0.15) is 5.56 Å². The summed E-state index contributed by atoms with van der Waals surface area (Å²) in [5.41, 5.74) is 5.39. The molecule has 0 aliphatic carbocycles.